The Kier molecular flexibility index (Phi) is 8.69. The largest absolute Gasteiger partial charge is 0.480 e. The Balaban J connectivity index is 1.80. The van der Waals surface area contributed by atoms with Crippen LogP contribution in [0.2, 0.25) is 0 Å². The molecule has 1 aromatic heterocycles. The predicted molar refractivity (Wildman–Crippen MR) is 119 cm³/mol. The summed E-state index contributed by atoms with van der Waals surface area (Å²) in [5, 5.41) is 6.65. The summed E-state index contributed by atoms with van der Waals surface area (Å²) in [6, 6.07) is 5.89. The maximum Gasteiger partial charge on any atom is 0.279 e. The van der Waals surface area contributed by atoms with E-state index in [1.807, 2.05) is 0 Å². The van der Waals surface area contributed by atoms with E-state index in [1.54, 1.807) is 0 Å². The standard InChI is InChI=1S/C21H26N4O7S/c1-29-9-3-11-33(27,28)17-6-4-15(5-7-17)20(25-32-16-8-10-31-14-16)21(26)24-18-12-23-19(30-2)13-22-18/h4-7,12-13,16H,3,8-11,14H2,1-2H3,(H,22,24,26)/t16-/m1/s1. The van der Waals surface area contributed by atoms with Crippen LogP contribution >= 0.6 is 0 Å². The van der Waals surface area contributed by atoms with Gasteiger partial charge in [-0.05, 0) is 18.6 Å². The van der Waals surface area contributed by atoms with Gasteiger partial charge in [0.05, 0.1) is 43.4 Å². The number of carbonyl (C=O) groups excluding carboxylic acids is 1. The average molecular weight is 479 g/mol. The molecule has 0 radical (unpaired) electrons. The fourth-order valence-corrected chi connectivity index (χ4v) is 4.23. The van der Waals surface area contributed by atoms with E-state index in [4.69, 9.17) is 19.0 Å². The maximum absolute atomic E-state index is 12.9. The molecule has 2 heterocycles. The van der Waals surface area contributed by atoms with Crippen LogP contribution < -0.4 is 10.1 Å². The molecular formula is C21H26N4O7S. The van der Waals surface area contributed by atoms with Gasteiger partial charge in [0, 0.05) is 25.7 Å². The lowest BCUT2D eigenvalue weighted by atomic mass is 10.1. The number of hydrogen-bond donors (Lipinski definition) is 1. The number of methoxy groups -OCH3 is 2. The van der Waals surface area contributed by atoms with E-state index in [0.29, 0.717) is 44.1 Å². The molecule has 1 aromatic carbocycles. The number of nitrogens with one attached hydrogen (secondary N) is 1. The highest BCUT2D eigenvalue weighted by molar-refractivity contribution is 7.91. The SMILES string of the molecule is COCCCS(=O)(=O)c1ccc(C(=NO[C@@H]2CCOC2)C(=O)Nc2cnc(OC)cn2)cc1. The Morgan fingerprint density at radius 3 is 2.61 bits per heavy atom. The van der Waals surface area contributed by atoms with E-state index in [2.05, 4.69) is 20.4 Å². The van der Waals surface area contributed by atoms with Crippen molar-refractivity contribution in [1.29, 1.82) is 0 Å². The Morgan fingerprint density at radius 1 is 1.21 bits per heavy atom. The summed E-state index contributed by atoms with van der Waals surface area (Å²) in [7, 11) is -0.499. The molecule has 1 fully saturated rings. The van der Waals surface area contributed by atoms with Gasteiger partial charge in [0.25, 0.3) is 5.91 Å². The Labute approximate surface area is 192 Å². The zero-order valence-electron chi connectivity index (χ0n) is 18.4. The number of nitrogens with zero attached hydrogens (tertiary/aromatic N) is 3. The van der Waals surface area contributed by atoms with Crippen LogP contribution in [-0.4, -0.2) is 75.9 Å². The van der Waals surface area contributed by atoms with Gasteiger partial charge in [-0.1, -0.05) is 17.3 Å². The Hall–Kier alpha value is -3.09. The molecule has 178 valence electrons. The lowest BCUT2D eigenvalue weighted by molar-refractivity contribution is -0.110. The second-order valence-corrected chi connectivity index (χ2v) is 9.23. The van der Waals surface area contributed by atoms with Gasteiger partial charge in [0.15, 0.2) is 27.5 Å². The minimum Gasteiger partial charge on any atom is -0.480 e. The van der Waals surface area contributed by atoms with Crippen LogP contribution in [0.5, 0.6) is 5.88 Å². The molecule has 1 atom stereocenters. The summed E-state index contributed by atoms with van der Waals surface area (Å²) in [4.78, 5) is 26.6. The summed E-state index contributed by atoms with van der Waals surface area (Å²) >= 11 is 0. The zero-order chi connectivity index (χ0) is 23.7. The van der Waals surface area contributed by atoms with Gasteiger partial charge in [-0.15, -0.1) is 0 Å². The fourth-order valence-electron chi connectivity index (χ4n) is 2.94. The average Bonchev–Trinajstić information content (AvgIpc) is 3.34. The van der Waals surface area contributed by atoms with Crippen molar-refractivity contribution in [2.24, 2.45) is 5.16 Å². The summed E-state index contributed by atoms with van der Waals surface area (Å²) in [6.07, 6.45) is 3.48. The van der Waals surface area contributed by atoms with Crippen molar-refractivity contribution in [3.8, 4) is 5.88 Å². The third-order valence-electron chi connectivity index (χ3n) is 4.72. The predicted octanol–water partition coefficient (Wildman–Crippen LogP) is 1.44. The number of aromatic nitrogens is 2. The molecular weight excluding hydrogens is 452 g/mol. The number of anilines is 1. The molecule has 0 unspecified atom stereocenters. The smallest absolute Gasteiger partial charge is 0.279 e. The molecule has 0 bridgehead atoms. The highest BCUT2D eigenvalue weighted by Gasteiger charge is 2.22. The van der Waals surface area contributed by atoms with Crippen molar-refractivity contribution in [1.82, 2.24) is 9.97 Å². The van der Waals surface area contributed by atoms with E-state index >= 15 is 0 Å². The van der Waals surface area contributed by atoms with Gasteiger partial charge in [-0.25, -0.2) is 18.4 Å². The first-order valence-corrected chi connectivity index (χ1v) is 11.9. The van der Waals surface area contributed by atoms with Crippen molar-refractivity contribution in [2.45, 2.75) is 23.8 Å². The van der Waals surface area contributed by atoms with Crippen LogP contribution in [-0.2, 0) is 28.9 Å². The van der Waals surface area contributed by atoms with Crippen LogP contribution in [0.4, 0.5) is 5.82 Å². The summed E-state index contributed by atoms with van der Waals surface area (Å²) in [6.45, 7) is 1.28. The van der Waals surface area contributed by atoms with Crippen LogP contribution in [0.25, 0.3) is 0 Å². The molecule has 1 aliphatic rings. The quantitative estimate of drug-likeness (QED) is 0.289. The Morgan fingerprint density at radius 2 is 2.00 bits per heavy atom. The maximum atomic E-state index is 12.9. The molecule has 1 aliphatic heterocycles. The highest BCUT2D eigenvalue weighted by atomic mass is 32.2. The third-order valence-corrected chi connectivity index (χ3v) is 6.54. The van der Waals surface area contributed by atoms with Crippen molar-refractivity contribution in [3.05, 3.63) is 42.2 Å². The van der Waals surface area contributed by atoms with Gasteiger partial charge in [0.1, 0.15) is 0 Å². The van der Waals surface area contributed by atoms with E-state index in [1.165, 1.54) is 50.9 Å². The molecule has 12 heteroatoms. The minimum atomic E-state index is -3.47. The van der Waals surface area contributed by atoms with E-state index < -0.39 is 15.7 Å². The monoisotopic (exact) mass is 478 g/mol. The first-order chi connectivity index (χ1) is 15.9. The lowest BCUT2D eigenvalue weighted by Crippen LogP contribution is -2.26. The molecule has 0 aliphatic carbocycles. The van der Waals surface area contributed by atoms with Crippen LogP contribution in [0.15, 0.2) is 46.7 Å². The molecule has 3 rings (SSSR count). The number of carbonyl (C=O) groups is 1. The minimum absolute atomic E-state index is 0.0390. The number of hydrogen-bond acceptors (Lipinski definition) is 10. The van der Waals surface area contributed by atoms with E-state index in [-0.39, 0.29) is 28.3 Å². The topological polar surface area (TPSA) is 138 Å². The molecule has 0 spiro atoms. The number of oxime groups is 1. The van der Waals surface area contributed by atoms with Crippen molar-refractivity contribution < 1.29 is 32.3 Å². The van der Waals surface area contributed by atoms with Gasteiger partial charge >= 0.3 is 0 Å². The molecule has 0 saturated carbocycles. The second-order valence-electron chi connectivity index (χ2n) is 7.12. The second kappa shape index (κ2) is 11.7. The Bertz CT molecular complexity index is 1050. The van der Waals surface area contributed by atoms with Crippen molar-refractivity contribution >= 4 is 27.3 Å². The molecule has 2 aromatic rings. The highest BCUT2D eigenvalue weighted by Crippen LogP contribution is 2.16. The fraction of sp³-hybridized carbons (Fsp3) is 0.429. The number of ether oxygens (including phenoxy) is 3. The van der Waals surface area contributed by atoms with Crippen molar-refractivity contribution in [3.63, 3.8) is 0 Å². The molecule has 1 saturated heterocycles. The number of benzene rings is 1. The summed E-state index contributed by atoms with van der Waals surface area (Å²) in [5.41, 5.74) is 0.339. The van der Waals surface area contributed by atoms with E-state index in [0.717, 1.165) is 0 Å². The molecule has 1 N–H and O–H groups in total. The van der Waals surface area contributed by atoms with Crippen LogP contribution in [0.3, 0.4) is 0 Å². The first-order valence-electron chi connectivity index (χ1n) is 10.2. The van der Waals surface area contributed by atoms with Crippen LogP contribution in [0, 0.1) is 0 Å². The van der Waals surface area contributed by atoms with Gasteiger partial charge in [-0.2, -0.15) is 0 Å². The first kappa shape index (κ1) is 24.6. The van der Waals surface area contributed by atoms with Gasteiger partial charge in [-0.3, -0.25) is 4.79 Å². The van der Waals surface area contributed by atoms with Gasteiger partial charge < -0.3 is 24.4 Å². The molecule has 33 heavy (non-hydrogen) atoms. The van der Waals surface area contributed by atoms with Crippen molar-refractivity contribution in [2.75, 3.05) is 45.1 Å². The number of amides is 1. The molecule has 1 amide bonds. The third kappa shape index (κ3) is 6.94. The number of rotatable bonds is 11. The molecule has 11 nitrogen and oxygen atoms in total. The summed E-state index contributed by atoms with van der Waals surface area (Å²) in [5.74, 6) is -0.143. The zero-order valence-corrected chi connectivity index (χ0v) is 19.2. The van der Waals surface area contributed by atoms with E-state index in [9.17, 15) is 13.2 Å². The normalized spacial score (nSPS) is 16.4. The van der Waals surface area contributed by atoms with Crippen LogP contribution in [0.1, 0.15) is 18.4 Å². The lowest BCUT2D eigenvalue weighted by Gasteiger charge is -2.11. The summed E-state index contributed by atoms with van der Waals surface area (Å²) < 4.78 is 40.1. The van der Waals surface area contributed by atoms with Gasteiger partial charge in [0.2, 0.25) is 5.88 Å². The number of sulfone groups is 1.